The van der Waals surface area contributed by atoms with Gasteiger partial charge in [0.25, 0.3) is 0 Å². The monoisotopic (exact) mass is 216 g/mol. The van der Waals surface area contributed by atoms with E-state index in [9.17, 15) is 0 Å². The van der Waals surface area contributed by atoms with Crippen molar-refractivity contribution in [2.24, 2.45) is 5.73 Å². The number of nitrogens with two attached hydrogens (primary N) is 1. The summed E-state index contributed by atoms with van der Waals surface area (Å²) in [5.41, 5.74) is 11.0. The molecule has 86 valence electrons. The lowest BCUT2D eigenvalue weighted by Crippen LogP contribution is -2.27. The Balaban J connectivity index is 2.74. The summed E-state index contributed by atoms with van der Waals surface area (Å²) in [6.45, 7) is 9.33. The third kappa shape index (κ3) is 1.63. The molecule has 0 atom stereocenters. The SMILES string of the molecule is Cc1cc(C)c2c(C(C)(C)CN)c[nH]c2c1. The second-order valence-corrected chi connectivity index (χ2v) is 5.29. The Bertz CT molecular complexity index is 521. The quantitative estimate of drug-likeness (QED) is 0.796. The van der Waals surface area contributed by atoms with Gasteiger partial charge in [-0.1, -0.05) is 19.9 Å². The lowest BCUT2D eigenvalue weighted by molar-refractivity contribution is 0.543. The van der Waals surface area contributed by atoms with Crippen LogP contribution in [0.4, 0.5) is 0 Å². The predicted octanol–water partition coefficient (Wildman–Crippen LogP) is 3.02. The number of aromatic amines is 1. The van der Waals surface area contributed by atoms with Crippen LogP contribution in [0.5, 0.6) is 0 Å². The Labute approximate surface area is 96.9 Å². The molecule has 0 fully saturated rings. The zero-order valence-corrected chi connectivity index (χ0v) is 10.5. The second-order valence-electron chi connectivity index (χ2n) is 5.29. The average Bonchev–Trinajstić information content (AvgIpc) is 2.62. The molecular formula is C14H20N2. The van der Waals surface area contributed by atoms with Gasteiger partial charge < -0.3 is 10.7 Å². The van der Waals surface area contributed by atoms with Gasteiger partial charge in [0.05, 0.1) is 0 Å². The maximum atomic E-state index is 5.85. The van der Waals surface area contributed by atoms with Gasteiger partial charge in [0.15, 0.2) is 0 Å². The molecule has 0 saturated carbocycles. The molecule has 0 aliphatic rings. The Morgan fingerprint density at radius 1 is 1.25 bits per heavy atom. The zero-order valence-electron chi connectivity index (χ0n) is 10.5. The molecule has 1 heterocycles. The molecular weight excluding hydrogens is 196 g/mol. The van der Waals surface area contributed by atoms with Gasteiger partial charge in [-0.3, -0.25) is 0 Å². The van der Waals surface area contributed by atoms with Crippen molar-refractivity contribution in [2.75, 3.05) is 6.54 Å². The smallest absolute Gasteiger partial charge is 0.0462 e. The number of hydrogen-bond acceptors (Lipinski definition) is 1. The van der Waals surface area contributed by atoms with E-state index in [1.807, 2.05) is 0 Å². The highest BCUT2D eigenvalue weighted by molar-refractivity contribution is 5.88. The van der Waals surface area contributed by atoms with Crippen molar-refractivity contribution in [2.45, 2.75) is 33.1 Å². The molecule has 2 aromatic rings. The predicted molar refractivity (Wildman–Crippen MR) is 69.9 cm³/mol. The first-order valence-electron chi connectivity index (χ1n) is 5.74. The average molecular weight is 216 g/mol. The second kappa shape index (κ2) is 3.63. The minimum atomic E-state index is 0.0261. The summed E-state index contributed by atoms with van der Waals surface area (Å²) in [5.74, 6) is 0. The molecule has 2 heteroatoms. The minimum absolute atomic E-state index is 0.0261. The first-order chi connectivity index (χ1) is 7.45. The lowest BCUT2D eigenvalue weighted by atomic mass is 9.83. The molecule has 0 aliphatic heterocycles. The number of rotatable bonds is 2. The van der Waals surface area contributed by atoms with E-state index in [0.29, 0.717) is 6.54 Å². The molecule has 1 aromatic carbocycles. The van der Waals surface area contributed by atoms with Gasteiger partial charge in [-0.05, 0) is 36.6 Å². The van der Waals surface area contributed by atoms with Crippen molar-refractivity contribution in [3.8, 4) is 0 Å². The van der Waals surface area contributed by atoms with E-state index in [1.54, 1.807) is 0 Å². The minimum Gasteiger partial charge on any atom is -0.361 e. The Morgan fingerprint density at radius 3 is 2.56 bits per heavy atom. The van der Waals surface area contributed by atoms with Crippen LogP contribution < -0.4 is 5.73 Å². The highest BCUT2D eigenvalue weighted by Crippen LogP contribution is 2.32. The van der Waals surface area contributed by atoms with Crippen molar-refractivity contribution in [3.05, 3.63) is 35.0 Å². The number of hydrogen-bond donors (Lipinski definition) is 2. The number of benzene rings is 1. The number of aromatic nitrogens is 1. The van der Waals surface area contributed by atoms with Gasteiger partial charge in [-0.15, -0.1) is 0 Å². The standard InChI is InChI=1S/C14H20N2/c1-9-5-10(2)13-11(14(3,4)8-15)7-16-12(13)6-9/h5-7,16H,8,15H2,1-4H3. The highest BCUT2D eigenvalue weighted by atomic mass is 14.7. The van der Waals surface area contributed by atoms with Crippen molar-refractivity contribution in [1.29, 1.82) is 0 Å². The zero-order chi connectivity index (χ0) is 11.9. The highest BCUT2D eigenvalue weighted by Gasteiger charge is 2.23. The molecule has 0 aliphatic carbocycles. The molecule has 16 heavy (non-hydrogen) atoms. The van der Waals surface area contributed by atoms with Crippen LogP contribution in [0.15, 0.2) is 18.3 Å². The van der Waals surface area contributed by atoms with Gasteiger partial charge in [-0.2, -0.15) is 0 Å². The van der Waals surface area contributed by atoms with Crippen LogP contribution in [-0.2, 0) is 5.41 Å². The Morgan fingerprint density at radius 2 is 1.94 bits per heavy atom. The number of fused-ring (bicyclic) bond motifs is 1. The summed E-state index contributed by atoms with van der Waals surface area (Å²) in [4.78, 5) is 3.35. The van der Waals surface area contributed by atoms with Crippen LogP contribution in [0, 0.1) is 13.8 Å². The first kappa shape index (κ1) is 11.2. The van der Waals surface area contributed by atoms with Crippen molar-refractivity contribution >= 4 is 10.9 Å². The fourth-order valence-corrected chi connectivity index (χ4v) is 2.30. The van der Waals surface area contributed by atoms with E-state index >= 15 is 0 Å². The van der Waals surface area contributed by atoms with Crippen LogP contribution in [0.3, 0.4) is 0 Å². The maximum absolute atomic E-state index is 5.85. The lowest BCUT2D eigenvalue weighted by Gasteiger charge is -2.22. The van der Waals surface area contributed by atoms with E-state index in [2.05, 4.69) is 51.0 Å². The molecule has 0 radical (unpaired) electrons. The third-order valence-corrected chi connectivity index (χ3v) is 3.36. The van der Waals surface area contributed by atoms with Crippen LogP contribution in [0.2, 0.25) is 0 Å². The summed E-state index contributed by atoms with van der Waals surface area (Å²) in [5, 5.41) is 1.33. The van der Waals surface area contributed by atoms with Gasteiger partial charge >= 0.3 is 0 Å². The summed E-state index contributed by atoms with van der Waals surface area (Å²) in [7, 11) is 0. The Hall–Kier alpha value is -1.28. The number of aryl methyl sites for hydroxylation is 2. The summed E-state index contributed by atoms with van der Waals surface area (Å²) in [6.07, 6.45) is 2.10. The van der Waals surface area contributed by atoms with Gasteiger partial charge in [-0.25, -0.2) is 0 Å². The van der Waals surface area contributed by atoms with E-state index in [-0.39, 0.29) is 5.41 Å². The van der Waals surface area contributed by atoms with Gasteiger partial charge in [0.1, 0.15) is 0 Å². The van der Waals surface area contributed by atoms with E-state index < -0.39 is 0 Å². The molecule has 0 amide bonds. The number of H-pyrrole nitrogens is 1. The molecule has 0 bridgehead atoms. The van der Waals surface area contributed by atoms with Crippen molar-refractivity contribution in [1.82, 2.24) is 4.98 Å². The molecule has 2 nitrogen and oxygen atoms in total. The van der Waals surface area contributed by atoms with Crippen LogP contribution in [0.1, 0.15) is 30.5 Å². The van der Waals surface area contributed by atoms with Gasteiger partial charge in [0.2, 0.25) is 0 Å². The Kier molecular flexibility index (Phi) is 2.55. The number of nitrogens with one attached hydrogen (secondary N) is 1. The van der Waals surface area contributed by atoms with Crippen LogP contribution in [-0.4, -0.2) is 11.5 Å². The summed E-state index contributed by atoms with van der Waals surface area (Å²) >= 11 is 0. The molecule has 3 N–H and O–H groups in total. The van der Waals surface area contributed by atoms with Crippen molar-refractivity contribution < 1.29 is 0 Å². The normalized spacial score (nSPS) is 12.3. The summed E-state index contributed by atoms with van der Waals surface area (Å²) in [6, 6.07) is 4.42. The first-order valence-corrected chi connectivity index (χ1v) is 5.74. The van der Waals surface area contributed by atoms with E-state index in [4.69, 9.17) is 5.73 Å². The van der Waals surface area contributed by atoms with Crippen molar-refractivity contribution in [3.63, 3.8) is 0 Å². The topological polar surface area (TPSA) is 41.8 Å². The fraction of sp³-hybridized carbons (Fsp3) is 0.429. The molecule has 1 aromatic heterocycles. The molecule has 0 unspecified atom stereocenters. The largest absolute Gasteiger partial charge is 0.361 e. The molecule has 0 spiro atoms. The van der Waals surface area contributed by atoms with Gasteiger partial charge in [0, 0.05) is 29.1 Å². The third-order valence-electron chi connectivity index (χ3n) is 3.36. The van der Waals surface area contributed by atoms with E-state index in [0.717, 1.165) is 0 Å². The molecule has 0 saturated heterocycles. The summed E-state index contributed by atoms with van der Waals surface area (Å²) < 4.78 is 0. The molecule has 2 rings (SSSR count). The fourth-order valence-electron chi connectivity index (χ4n) is 2.30. The van der Waals surface area contributed by atoms with E-state index in [1.165, 1.54) is 27.6 Å². The maximum Gasteiger partial charge on any atom is 0.0462 e. The van der Waals surface area contributed by atoms with Crippen LogP contribution >= 0.6 is 0 Å². The van der Waals surface area contributed by atoms with Crippen LogP contribution in [0.25, 0.3) is 10.9 Å².